The summed E-state index contributed by atoms with van der Waals surface area (Å²) >= 11 is 0. The van der Waals surface area contributed by atoms with Crippen LogP contribution in [0.4, 0.5) is 5.69 Å². The third kappa shape index (κ3) is 0.888. The minimum absolute atomic E-state index is 0.0658. The van der Waals surface area contributed by atoms with Gasteiger partial charge in [-0.05, 0) is 18.6 Å². The number of amides is 1. The van der Waals surface area contributed by atoms with Crippen LogP contribution >= 0.6 is 0 Å². The molecule has 0 atom stereocenters. The summed E-state index contributed by atoms with van der Waals surface area (Å²) in [4.78, 5) is 15.0. The van der Waals surface area contributed by atoms with Gasteiger partial charge in [0, 0.05) is 6.20 Å². The number of hydrogen-bond acceptors (Lipinski definition) is 2. The van der Waals surface area contributed by atoms with Gasteiger partial charge in [-0.2, -0.15) is 0 Å². The van der Waals surface area contributed by atoms with Crippen molar-refractivity contribution >= 4 is 11.6 Å². The molecule has 0 radical (unpaired) electrons. The van der Waals surface area contributed by atoms with E-state index < -0.39 is 0 Å². The molecule has 2 rings (SSSR count). The van der Waals surface area contributed by atoms with Crippen LogP contribution in [-0.2, 0) is 11.2 Å². The van der Waals surface area contributed by atoms with Crippen molar-refractivity contribution in [3.63, 3.8) is 0 Å². The zero-order valence-electron chi connectivity index (χ0n) is 6.22. The molecule has 1 aromatic heterocycles. The molecule has 3 heteroatoms. The van der Waals surface area contributed by atoms with Crippen LogP contribution in [0.15, 0.2) is 12.3 Å². The van der Waals surface area contributed by atoms with Crippen LogP contribution < -0.4 is 5.32 Å². The average molecular weight is 148 g/mol. The van der Waals surface area contributed by atoms with E-state index in [-0.39, 0.29) is 5.91 Å². The van der Waals surface area contributed by atoms with E-state index in [1.54, 1.807) is 6.20 Å². The molecular weight excluding hydrogens is 140 g/mol. The number of aromatic nitrogens is 1. The van der Waals surface area contributed by atoms with E-state index in [1.807, 2.05) is 13.0 Å². The van der Waals surface area contributed by atoms with Gasteiger partial charge < -0.3 is 5.32 Å². The smallest absolute Gasteiger partial charge is 0.228 e. The lowest BCUT2D eigenvalue weighted by atomic mass is 10.2. The van der Waals surface area contributed by atoms with Crippen molar-refractivity contribution in [2.24, 2.45) is 0 Å². The van der Waals surface area contributed by atoms with Crippen molar-refractivity contribution in [3.8, 4) is 0 Å². The fourth-order valence-electron chi connectivity index (χ4n) is 1.29. The Hall–Kier alpha value is -1.38. The molecule has 1 aromatic rings. The summed E-state index contributed by atoms with van der Waals surface area (Å²) in [6, 6.07) is 1.88. The fourth-order valence-corrected chi connectivity index (χ4v) is 1.29. The van der Waals surface area contributed by atoms with E-state index in [0.717, 1.165) is 16.9 Å². The van der Waals surface area contributed by atoms with E-state index >= 15 is 0 Å². The Kier molecular flexibility index (Phi) is 1.18. The molecule has 1 N–H and O–H groups in total. The second-order valence-electron chi connectivity index (χ2n) is 2.66. The van der Waals surface area contributed by atoms with E-state index in [0.29, 0.717) is 6.42 Å². The lowest BCUT2D eigenvalue weighted by Crippen LogP contribution is -2.04. The molecule has 0 unspecified atom stereocenters. The zero-order valence-corrected chi connectivity index (χ0v) is 6.22. The lowest BCUT2D eigenvalue weighted by Gasteiger charge is -1.99. The highest BCUT2D eigenvalue weighted by Gasteiger charge is 2.18. The van der Waals surface area contributed by atoms with E-state index in [2.05, 4.69) is 10.3 Å². The molecule has 0 saturated carbocycles. The Morgan fingerprint density at radius 3 is 3.18 bits per heavy atom. The molecule has 0 spiro atoms. The first-order valence-corrected chi connectivity index (χ1v) is 3.52. The minimum atomic E-state index is 0.0658. The van der Waals surface area contributed by atoms with E-state index in [4.69, 9.17) is 0 Å². The number of nitrogens with one attached hydrogen (secondary N) is 1. The lowest BCUT2D eigenvalue weighted by molar-refractivity contribution is -0.115. The number of hydrogen-bond donors (Lipinski definition) is 1. The number of carbonyl (C=O) groups excluding carboxylic acids is 1. The highest BCUT2D eigenvalue weighted by atomic mass is 16.1. The maximum absolute atomic E-state index is 10.9. The molecule has 1 amide bonds. The van der Waals surface area contributed by atoms with Crippen molar-refractivity contribution in [1.29, 1.82) is 0 Å². The summed E-state index contributed by atoms with van der Waals surface area (Å²) in [5.74, 6) is 0.0658. The molecular formula is C8H8N2O. The first kappa shape index (κ1) is 6.34. The molecule has 0 aromatic carbocycles. The summed E-state index contributed by atoms with van der Waals surface area (Å²) in [6.07, 6.45) is 2.23. The molecule has 3 nitrogen and oxygen atoms in total. The summed E-state index contributed by atoms with van der Waals surface area (Å²) in [5, 5.41) is 2.76. The van der Waals surface area contributed by atoms with Gasteiger partial charge in [0.1, 0.15) is 0 Å². The van der Waals surface area contributed by atoms with Crippen LogP contribution in [0.25, 0.3) is 0 Å². The van der Waals surface area contributed by atoms with E-state index in [9.17, 15) is 4.79 Å². The van der Waals surface area contributed by atoms with Gasteiger partial charge in [0.2, 0.25) is 5.91 Å². The largest absolute Gasteiger partial charge is 0.324 e. The molecule has 0 bridgehead atoms. The molecule has 2 heterocycles. The van der Waals surface area contributed by atoms with Crippen LogP contribution in [-0.4, -0.2) is 10.9 Å². The maximum Gasteiger partial charge on any atom is 0.228 e. The zero-order chi connectivity index (χ0) is 7.84. The summed E-state index contributed by atoms with van der Waals surface area (Å²) < 4.78 is 0. The SMILES string of the molecule is Cc1nccc2c1NC(=O)C2. The van der Waals surface area contributed by atoms with Gasteiger partial charge in [0.25, 0.3) is 0 Å². The first-order valence-electron chi connectivity index (χ1n) is 3.52. The van der Waals surface area contributed by atoms with Gasteiger partial charge in [0.15, 0.2) is 0 Å². The summed E-state index contributed by atoms with van der Waals surface area (Å²) in [5.41, 5.74) is 2.85. The standard InChI is InChI=1S/C8H8N2O/c1-5-8-6(2-3-9-5)4-7(11)10-8/h2-3H,4H2,1H3,(H,10,11). The fraction of sp³-hybridized carbons (Fsp3) is 0.250. The number of pyridine rings is 1. The third-order valence-corrected chi connectivity index (χ3v) is 1.84. The summed E-state index contributed by atoms with van der Waals surface area (Å²) in [6.45, 7) is 1.89. The maximum atomic E-state index is 10.9. The van der Waals surface area contributed by atoms with Gasteiger partial charge in [-0.3, -0.25) is 9.78 Å². The van der Waals surface area contributed by atoms with Crippen LogP contribution in [0, 0.1) is 6.92 Å². The van der Waals surface area contributed by atoms with Crippen molar-refractivity contribution in [2.75, 3.05) is 5.32 Å². The number of fused-ring (bicyclic) bond motifs is 1. The van der Waals surface area contributed by atoms with Gasteiger partial charge in [0.05, 0.1) is 17.8 Å². The third-order valence-electron chi connectivity index (χ3n) is 1.84. The van der Waals surface area contributed by atoms with Crippen LogP contribution in [0.3, 0.4) is 0 Å². The van der Waals surface area contributed by atoms with Gasteiger partial charge in [-0.15, -0.1) is 0 Å². The highest BCUT2D eigenvalue weighted by Crippen LogP contribution is 2.24. The highest BCUT2D eigenvalue weighted by molar-refractivity contribution is 5.99. The molecule has 0 saturated heterocycles. The molecule has 56 valence electrons. The van der Waals surface area contributed by atoms with Crippen molar-refractivity contribution < 1.29 is 4.79 Å². The van der Waals surface area contributed by atoms with Crippen LogP contribution in [0.5, 0.6) is 0 Å². The second-order valence-corrected chi connectivity index (χ2v) is 2.66. The first-order chi connectivity index (χ1) is 5.27. The Morgan fingerprint density at radius 1 is 1.64 bits per heavy atom. The number of aryl methyl sites for hydroxylation is 1. The molecule has 11 heavy (non-hydrogen) atoms. The average Bonchev–Trinajstić information content (AvgIpc) is 2.31. The van der Waals surface area contributed by atoms with Crippen LogP contribution in [0.1, 0.15) is 11.3 Å². The Balaban J connectivity index is 2.57. The number of nitrogens with zero attached hydrogens (tertiary/aromatic N) is 1. The Morgan fingerprint density at radius 2 is 2.45 bits per heavy atom. The molecule has 1 aliphatic heterocycles. The monoisotopic (exact) mass is 148 g/mol. The predicted molar refractivity (Wildman–Crippen MR) is 41.3 cm³/mol. The number of carbonyl (C=O) groups is 1. The van der Waals surface area contributed by atoms with Crippen LogP contribution in [0.2, 0.25) is 0 Å². The van der Waals surface area contributed by atoms with Crippen molar-refractivity contribution in [2.45, 2.75) is 13.3 Å². The second kappa shape index (κ2) is 2.05. The number of rotatable bonds is 0. The Labute approximate surface area is 64.5 Å². The van der Waals surface area contributed by atoms with E-state index in [1.165, 1.54) is 0 Å². The van der Waals surface area contributed by atoms with Gasteiger partial charge in [-0.1, -0.05) is 0 Å². The van der Waals surface area contributed by atoms with Crippen molar-refractivity contribution in [3.05, 3.63) is 23.5 Å². The number of anilines is 1. The molecule has 1 aliphatic rings. The predicted octanol–water partition coefficient (Wildman–Crippen LogP) is 0.885. The van der Waals surface area contributed by atoms with Gasteiger partial charge >= 0.3 is 0 Å². The quantitative estimate of drug-likeness (QED) is 0.593. The summed E-state index contributed by atoms with van der Waals surface area (Å²) in [7, 11) is 0. The Bertz CT molecular complexity index is 320. The molecule has 0 aliphatic carbocycles. The normalized spacial score (nSPS) is 14.5. The van der Waals surface area contributed by atoms with Crippen molar-refractivity contribution in [1.82, 2.24) is 4.98 Å². The minimum Gasteiger partial charge on any atom is -0.324 e. The molecule has 0 fully saturated rings. The topological polar surface area (TPSA) is 42.0 Å². The van der Waals surface area contributed by atoms with Gasteiger partial charge in [-0.25, -0.2) is 0 Å².